The van der Waals surface area contributed by atoms with Crippen LogP contribution in [0.2, 0.25) is 0 Å². The first-order valence-corrected chi connectivity index (χ1v) is 9.69. The molecule has 2 aromatic carbocycles. The highest BCUT2D eigenvalue weighted by Crippen LogP contribution is 2.28. The number of benzene rings is 2. The molecule has 0 unspecified atom stereocenters. The summed E-state index contributed by atoms with van der Waals surface area (Å²) in [7, 11) is 0. The van der Waals surface area contributed by atoms with E-state index in [1.807, 2.05) is 12.3 Å². The number of nitrogens with zero attached hydrogens (tertiary/aromatic N) is 2. The van der Waals surface area contributed by atoms with E-state index in [4.69, 9.17) is 4.74 Å². The van der Waals surface area contributed by atoms with E-state index >= 15 is 0 Å². The molecule has 0 atom stereocenters. The Morgan fingerprint density at radius 1 is 0.889 bits per heavy atom. The average Bonchev–Trinajstić information content (AvgIpc) is 2.72. The lowest BCUT2D eigenvalue weighted by Crippen LogP contribution is -2.31. The predicted molar refractivity (Wildman–Crippen MR) is 113 cm³/mol. The van der Waals surface area contributed by atoms with E-state index < -0.39 is 0 Å². The molecule has 1 aliphatic rings. The van der Waals surface area contributed by atoms with Gasteiger partial charge in [-0.05, 0) is 67.7 Å². The highest BCUT2D eigenvalue weighted by atomic mass is 16.5. The predicted octanol–water partition coefficient (Wildman–Crippen LogP) is 5.32. The minimum absolute atomic E-state index is 0. The fourth-order valence-corrected chi connectivity index (χ4v) is 3.74. The van der Waals surface area contributed by atoms with Crippen LogP contribution in [0.4, 0.5) is 0 Å². The summed E-state index contributed by atoms with van der Waals surface area (Å²) in [4.78, 5) is 7.00. The molecule has 1 aliphatic heterocycles. The Hall–Kier alpha value is -2.43. The van der Waals surface area contributed by atoms with E-state index in [0.717, 1.165) is 30.8 Å². The number of likely N-dealkylation sites (tertiary alicyclic amines) is 1. The number of aromatic nitrogens is 1. The molecular formula is C23H29N3O. The highest BCUT2D eigenvalue weighted by Gasteiger charge is 2.09. The van der Waals surface area contributed by atoms with E-state index in [9.17, 15) is 0 Å². The Balaban J connectivity index is 0.00000210. The van der Waals surface area contributed by atoms with Crippen molar-refractivity contribution in [1.82, 2.24) is 16.0 Å². The molecule has 0 amide bonds. The Kier molecular flexibility index (Phi) is 6.80. The SMILES string of the molecule is N.c1ccc2c(-c3ccc(OCCCN4CCCCC4)cc3)ccnc2c1. The lowest BCUT2D eigenvalue weighted by molar-refractivity contribution is 0.205. The van der Waals surface area contributed by atoms with Crippen LogP contribution in [-0.4, -0.2) is 36.1 Å². The van der Waals surface area contributed by atoms with Gasteiger partial charge in [-0.3, -0.25) is 4.98 Å². The molecule has 0 radical (unpaired) electrons. The van der Waals surface area contributed by atoms with Gasteiger partial charge >= 0.3 is 0 Å². The number of rotatable bonds is 6. The zero-order chi connectivity index (χ0) is 17.6. The Bertz CT molecular complexity index is 836. The van der Waals surface area contributed by atoms with Gasteiger partial charge in [0.25, 0.3) is 0 Å². The summed E-state index contributed by atoms with van der Waals surface area (Å²) >= 11 is 0. The first-order valence-electron chi connectivity index (χ1n) is 9.69. The molecule has 1 aromatic heterocycles. The number of piperidine rings is 1. The molecule has 0 saturated carbocycles. The molecular weight excluding hydrogens is 334 g/mol. The summed E-state index contributed by atoms with van der Waals surface area (Å²) in [6.45, 7) is 4.46. The van der Waals surface area contributed by atoms with Crippen molar-refractivity contribution >= 4 is 10.9 Å². The van der Waals surface area contributed by atoms with Crippen molar-refractivity contribution in [3.05, 3.63) is 60.8 Å². The van der Waals surface area contributed by atoms with E-state index in [1.165, 1.54) is 48.9 Å². The molecule has 142 valence electrons. The molecule has 4 nitrogen and oxygen atoms in total. The first-order chi connectivity index (χ1) is 12.9. The molecule has 1 fully saturated rings. The number of fused-ring (bicyclic) bond motifs is 1. The third-order valence-corrected chi connectivity index (χ3v) is 5.15. The summed E-state index contributed by atoms with van der Waals surface area (Å²) in [6, 6.07) is 18.8. The van der Waals surface area contributed by atoms with Gasteiger partial charge in [-0.1, -0.05) is 36.8 Å². The summed E-state index contributed by atoms with van der Waals surface area (Å²) in [5, 5.41) is 1.19. The second-order valence-corrected chi connectivity index (χ2v) is 7.00. The minimum atomic E-state index is 0. The van der Waals surface area contributed by atoms with Crippen LogP contribution in [0.3, 0.4) is 0 Å². The van der Waals surface area contributed by atoms with E-state index in [-0.39, 0.29) is 6.15 Å². The van der Waals surface area contributed by atoms with Crippen LogP contribution in [0.25, 0.3) is 22.0 Å². The lowest BCUT2D eigenvalue weighted by Gasteiger charge is -2.26. The zero-order valence-corrected chi connectivity index (χ0v) is 15.9. The maximum absolute atomic E-state index is 5.94. The van der Waals surface area contributed by atoms with Gasteiger partial charge < -0.3 is 15.8 Å². The second-order valence-electron chi connectivity index (χ2n) is 7.00. The van der Waals surface area contributed by atoms with Gasteiger partial charge in [-0.2, -0.15) is 0 Å². The zero-order valence-electron chi connectivity index (χ0n) is 15.9. The van der Waals surface area contributed by atoms with Gasteiger partial charge in [0.2, 0.25) is 0 Å². The van der Waals surface area contributed by atoms with E-state index in [2.05, 4.69) is 58.4 Å². The smallest absolute Gasteiger partial charge is 0.119 e. The second kappa shape index (κ2) is 9.49. The third-order valence-electron chi connectivity index (χ3n) is 5.15. The van der Waals surface area contributed by atoms with Crippen molar-refractivity contribution < 1.29 is 4.74 Å². The van der Waals surface area contributed by atoms with Crippen LogP contribution < -0.4 is 10.9 Å². The summed E-state index contributed by atoms with van der Waals surface area (Å²) in [6.07, 6.45) is 7.07. The van der Waals surface area contributed by atoms with Gasteiger partial charge in [0.1, 0.15) is 5.75 Å². The molecule has 3 N–H and O–H groups in total. The number of ether oxygens (including phenoxy) is 1. The molecule has 0 aliphatic carbocycles. The van der Waals surface area contributed by atoms with Crippen LogP contribution in [-0.2, 0) is 0 Å². The van der Waals surface area contributed by atoms with Crippen LogP contribution >= 0.6 is 0 Å². The molecule has 2 heterocycles. The lowest BCUT2D eigenvalue weighted by atomic mass is 10.0. The molecule has 0 bridgehead atoms. The average molecular weight is 364 g/mol. The van der Waals surface area contributed by atoms with E-state index in [1.54, 1.807) is 0 Å². The number of hydrogen-bond donors (Lipinski definition) is 1. The van der Waals surface area contributed by atoms with Crippen LogP contribution in [0, 0.1) is 0 Å². The largest absolute Gasteiger partial charge is 0.494 e. The van der Waals surface area contributed by atoms with Crippen LogP contribution in [0.1, 0.15) is 25.7 Å². The van der Waals surface area contributed by atoms with Crippen molar-refractivity contribution in [2.75, 3.05) is 26.2 Å². The van der Waals surface area contributed by atoms with Crippen molar-refractivity contribution in [1.29, 1.82) is 0 Å². The van der Waals surface area contributed by atoms with Crippen molar-refractivity contribution in [3.63, 3.8) is 0 Å². The summed E-state index contributed by atoms with van der Waals surface area (Å²) < 4.78 is 5.94. The molecule has 4 rings (SSSR count). The van der Waals surface area contributed by atoms with Gasteiger partial charge in [-0.15, -0.1) is 0 Å². The maximum atomic E-state index is 5.94. The van der Waals surface area contributed by atoms with Gasteiger partial charge in [0, 0.05) is 18.1 Å². The molecule has 0 spiro atoms. The number of pyridine rings is 1. The quantitative estimate of drug-likeness (QED) is 0.602. The molecule has 3 aromatic rings. The van der Waals surface area contributed by atoms with E-state index in [0.29, 0.717) is 0 Å². The van der Waals surface area contributed by atoms with Gasteiger partial charge in [0.15, 0.2) is 0 Å². The Morgan fingerprint density at radius 2 is 1.67 bits per heavy atom. The summed E-state index contributed by atoms with van der Waals surface area (Å²) in [5.41, 5.74) is 3.44. The fraction of sp³-hybridized carbons (Fsp3) is 0.348. The van der Waals surface area contributed by atoms with Crippen molar-refractivity contribution in [3.8, 4) is 16.9 Å². The third kappa shape index (κ3) is 4.85. The number of para-hydroxylation sites is 1. The Morgan fingerprint density at radius 3 is 2.48 bits per heavy atom. The first kappa shape index (κ1) is 19.3. The summed E-state index contributed by atoms with van der Waals surface area (Å²) in [5.74, 6) is 0.950. The van der Waals surface area contributed by atoms with Gasteiger partial charge in [-0.25, -0.2) is 0 Å². The van der Waals surface area contributed by atoms with Crippen molar-refractivity contribution in [2.24, 2.45) is 0 Å². The standard InChI is InChI=1S/C23H26N2O.H3N/c1-4-15-25(16-5-1)17-6-18-26-20-11-9-19(10-12-20)21-13-14-24-23-8-3-2-7-22(21)23;/h2-3,7-14H,1,4-6,15-18H2;1H3. The monoisotopic (exact) mass is 363 g/mol. The fourth-order valence-electron chi connectivity index (χ4n) is 3.74. The topological polar surface area (TPSA) is 60.4 Å². The minimum Gasteiger partial charge on any atom is -0.494 e. The molecule has 4 heteroatoms. The number of hydrogen-bond acceptors (Lipinski definition) is 4. The molecule has 1 saturated heterocycles. The van der Waals surface area contributed by atoms with Crippen LogP contribution in [0.15, 0.2) is 60.8 Å². The Labute approximate surface area is 161 Å². The van der Waals surface area contributed by atoms with Crippen LogP contribution in [0.5, 0.6) is 5.75 Å². The molecule has 27 heavy (non-hydrogen) atoms. The maximum Gasteiger partial charge on any atom is 0.119 e. The highest BCUT2D eigenvalue weighted by molar-refractivity contribution is 5.94. The normalized spacial score (nSPS) is 14.7. The van der Waals surface area contributed by atoms with Crippen molar-refractivity contribution in [2.45, 2.75) is 25.7 Å². The van der Waals surface area contributed by atoms with Gasteiger partial charge in [0.05, 0.1) is 12.1 Å².